The first-order chi connectivity index (χ1) is 9.38. The molecule has 2 aliphatic carbocycles. The summed E-state index contributed by atoms with van der Waals surface area (Å²) in [7, 11) is 0. The van der Waals surface area contributed by atoms with Crippen molar-refractivity contribution in [3.8, 4) is 0 Å². The SMILES string of the molecule is C1CNC(CN(CC2CC2)c2nc(C3CC3)ns2)C1. The van der Waals surface area contributed by atoms with Gasteiger partial charge in [0.2, 0.25) is 5.13 Å². The highest BCUT2D eigenvalue weighted by Crippen LogP contribution is 2.40. The molecule has 2 heterocycles. The molecule has 1 unspecified atom stereocenters. The molecule has 1 aromatic heterocycles. The molecule has 1 saturated heterocycles. The van der Waals surface area contributed by atoms with Crippen molar-refractivity contribution in [3.05, 3.63) is 5.82 Å². The number of nitrogens with one attached hydrogen (secondary N) is 1. The van der Waals surface area contributed by atoms with Gasteiger partial charge in [0.15, 0.2) is 0 Å². The quantitative estimate of drug-likeness (QED) is 0.867. The fourth-order valence-electron chi connectivity index (χ4n) is 2.88. The second-order valence-corrected chi connectivity index (χ2v) is 7.08. The van der Waals surface area contributed by atoms with Gasteiger partial charge >= 0.3 is 0 Å². The van der Waals surface area contributed by atoms with Crippen LogP contribution < -0.4 is 10.2 Å². The van der Waals surface area contributed by atoms with Crippen molar-refractivity contribution >= 4 is 16.7 Å². The van der Waals surface area contributed by atoms with Gasteiger partial charge in [-0.25, -0.2) is 4.98 Å². The van der Waals surface area contributed by atoms with Crippen molar-refractivity contribution in [2.45, 2.75) is 50.5 Å². The first-order valence-corrected chi connectivity index (χ1v) is 8.48. The van der Waals surface area contributed by atoms with Crippen LogP contribution in [0.1, 0.15) is 50.3 Å². The van der Waals surface area contributed by atoms with Crippen LogP contribution in [0.3, 0.4) is 0 Å². The molecule has 5 heteroatoms. The molecule has 1 N–H and O–H groups in total. The summed E-state index contributed by atoms with van der Waals surface area (Å²) >= 11 is 1.62. The zero-order chi connectivity index (χ0) is 12.7. The van der Waals surface area contributed by atoms with E-state index in [0.717, 1.165) is 18.3 Å². The molecule has 0 bridgehead atoms. The first kappa shape index (κ1) is 12.1. The summed E-state index contributed by atoms with van der Waals surface area (Å²) in [6, 6.07) is 0.659. The molecule has 0 aromatic carbocycles. The Balaban J connectivity index is 1.46. The molecule has 4 rings (SSSR count). The second-order valence-electron chi connectivity index (χ2n) is 6.35. The van der Waals surface area contributed by atoms with E-state index in [9.17, 15) is 0 Å². The Kier molecular flexibility index (Phi) is 3.19. The molecule has 3 fully saturated rings. The van der Waals surface area contributed by atoms with Crippen LogP contribution in [0.5, 0.6) is 0 Å². The zero-order valence-electron chi connectivity index (χ0n) is 11.3. The third kappa shape index (κ3) is 2.92. The summed E-state index contributed by atoms with van der Waals surface area (Å²) in [6.45, 7) is 3.50. The molecule has 0 radical (unpaired) electrons. The minimum Gasteiger partial charge on any atom is -0.345 e. The van der Waals surface area contributed by atoms with Gasteiger partial charge in [-0.2, -0.15) is 4.37 Å². The largest absolute Gasteiger partial charge is 0.345 e. The Hall–Kier alpha value is -0.680. The Morgan fingerprint density at radius 3 is 2.74 bits per heavy atom. The number of hydrogen-bond acceptors (Lipinski definition) is 5. The lowest BCUT2D eigenvalue weighted by Crippen LogP contribution is -2.38. The summed E-state index contributed by atoms with van der Waals surface area (Å²) in [5, 5.41) is 4.78. The van der Waals surface area contributed by atoms with E-state index in [1.807, 2.05) is 0 Å². The topological polar surface area (TPSA) is 41.0 Å². The van der Waals surface area contributed by atoms with Gasteiger partial charge in [0.1, 0.15) is 5.82 Å². The zero-order valence-corrected chi connectivity index (χ0v) is 12.2. The lowest BCUT2D eigenvalue weighted by atomic mass is 10.2. The molecule has 0 spiro atoms. The van der Waals surface area contributed by atoms with E-state index in [2.05, 4.69) is 14.6 Å². The van der Waals surface area contributed by atoms with Crippen molar-refractivity contribution < 1.29 is 0 Å². The molecule has 19 heavy (non-hydrogen) atoms. The highest BCUT2D eigenvalue weighted by Gasteiger charge is 2.31. The maximum Gasteiger partial charge on any atom is 0.205 e. The molecule has 104 valence electrons. The van der Waals surface area contributed by atoms with Crippen LogP contribution in [0.2, 0.25) is 0 Å². The van der Waals surface area contributed by atoms with E-state index in [-0.39, 0.29) is 0 Å². The summed E-state index contributed by atoms with van der Waals surface area (Å²) in [5.74, 6) is 2.70. The van der Waals surface area contributed by atoms with Gasteiger partial charge in [-0.1, -0.05) is 0 Å². The number of aromatic nitrogens is 2. The Morgan fingerprint density at radius 2 is 2.05 bits per heavy atom. The minimum absolute atomic E-state index is 0.659. The van der Waals surface area contributed by atoms with Crippen molar-refractivity contribution in [2.24, 2.45) is 5.92 Å². The fourth-order valence-corrected chi connectivity index (χ4v) is 3.65. The molecule has 0 amide bonds. The number of nitrogens with zero attached hydrogens (tertiary/aromatic N) is 3. The van der Waals surface area contributed by atoms with Crippen molar-refractivity contribution in [3.63, 3.8) is 0 Å². The molecular formula is C14H22N4S. The van der Waals surface area contributed by atoms with Gasteiger partial charge in [-0.15, -0.1) is 0 Å². The maximum atomic E-state index is 4.80. The van der Waals surface area contributed by atoms with Gasteiger partial charge in [0.25, 0.3) is 0 Å². The van der Waals surface area contributed by atoms with Gasteiger partial charge in [-0.3, -0.25) is 0 Å². The first-order valence-electron chi connectivity index (χ1n) is 7.70. The van der Waals surface area contributed by atoms with E-state index in [1.54, 1.807) is 11.5 Å². The molecule has 4 nitrogen and oxygen atoms in total. The highest BCUT2D eigenvalue weighted by molar-refractivity contribution is 7.09. The monoisotopic (exact) mass is 278 g/mol. The lowest BCUT2D eigenvalue weighted by molar-refractivity contribution is 0.569. The van der Waals surface area contributed by atoms with Crippen LogP contribution in [-0.2, 0) is 0 Å². The van der Waals surface area contributed by atoms with Gasteiger partial charge < -0.3 is 10.2 Å². The lowest BCUT2D eigenvalue weighted by Gasteiger charge is -2.24. The van der Waals surface area contributed by atoms with E-state index < -0.39 is 0 Å². The van der Waals surface area contributed by atoms with Crippen molar-refractivity contribution in [1.29, 1.82) is 0 Å². The van der Waals surface area contributed by atoms with Crippen LogP contribution in [0.25, 0.3) is 0 Å². The Morgan fingerprint density at radius 1 is 1.16 bits per heavy atom. The van der Waals surface area contributed by atoms with Gasteiger partial charge in [0, 0.05) is 36.6 Å². The molecule has 1 atom stereocenters. The van der Waals surface area contributed by atoms with Crippen LogP contribution in [-0.4, -0.2) is 35.0 Å². The standard InChI is InChI=1S/C14H22N4S/c1-2-12(15-7-1)9-18(8-10-3-4-10)14-16-13(17-19-14)11-5-6-11/h10-12,15H,1-9H2. The third-order valence-corrected chi connectivity index (χ3v) is 5.21. The Labute approximate surface area is 118 Å². The molecule has 3 aliphatic rings. The third-order valence-electron chi connectivity index (χ3n) is 4.42. The number of anilines is 1. The minimum atomic E-state index is 0.659. The summed E-state index contributed by atoms with van der Waals surface area (Å²) in [5.41, 5.74) is 0. The molecule has 2 saturated carbocycles. The molecular weight excluding hydrogens is 256 g/mol. The average molecular weight is 278 g/mol. The number of hydrogen-bond donors (Lipinski definition) is 1. The average Bonchev–Trinajstić information content (AvgIpc) is 3.33. The number of rotatable bonds is 6. The van der Waals surface area contributed by atoms with Gasteiger partial charge in [0.05, 0.1) is 0 Å². The van der Waals surface area contributed by atoms with E-state index in [0.29, 0.717) is 12.0 Å². The maximum absolute atomic E-state index is 4.80. The highest BCUT2D eigenvalue weighted by atomic mass is 32.1. The van der Waals surface area contributed by atoms with Crippen molar-refractivity contribution in [1.82, 2.24) is 14.7 Å². The smallest absolute Gasteiger partial charge is 0.205 e. The predicted molar refractivity (Wildman–Crippen MR) is 77.8 cm³/mol. The predicted octanol–water partition coefficient (Wildman–Crippen LogP) is 2.38. The van der Waals surface area contributed by atoms with Crippen LogP contribution in [0.15, 0.2) is 0 Å². The fraction of sp³-hybridized carbons (Fsp3) is 0.857. The summed E-state index contributed by atoms with van der Waals surface area (Å²) < 4.78 is 4.57. The van der Waals surface area contributed by atoms with Crippen molar-refractivity contribution in [2.75, 3.05) is 24.5 Å². The summed E-state index contributed by atoms with van der Waals surface area (Å²) in [4.78, 5) is 7.31. The van der Waals surface area contributed by atoms with E-state index in [1.165, 1.54) is 56.7 Å². The Bertz CT molecular complexity index is 432. The van der Waals surface area contributed by atoms with Crippen LogP contribution in [0, 0.1) is 5.92 Å². The molecule has 1 aromatic rings. The van der Waals surface area contributed by atoms with E-state index in [4.69, 9.17) is 4.98 Å². The molecule has 1 aliphatic heterocycles. The van der Waals surface area contributed by atoms with Gasteiger partial charge in [-0.05, 0) is 51.0 Å². The van der Waals surface area contributed by atoms with E-state index >= 15 is 0 Å². The second kappa shape index (κ2) is 5.02. The van der Waals surface area contributed by atoms with Crippen LogP contribution in [0.4, 0.5) is 5.13 Å². The van der Waals surface area contributed by atoms with Crippen LogP contribution >= 0.6 is 11.5 Å². The summed E-state index contributed by atoms with van der Waals surface area (Å²) in [6.07, 6.45) is 8.04. The normalized spacial score (nSPS) is 26.8.